The Bertz CT molecular complexity index is 829. The molecule has 1 aromatic heterocycles. The van der Waals surface area contributed by atoms with Gasteiger partial charge in [-0.05, 0) is 36.3 Å². The molecule has 0 aliphatic heterocycles. The van der Waals surface area contributed by atoms with Crippen LogP contribution in [-0.4, -0.2) is 22.4 Å². The van der Waals surface area contributed by atoms with Gasteiger partial charge in [0.05, 0.1) is 12.4 Å². The fraction of sp³-hybridized carbons (Fsp3) is 0.389. The van der Waals surface area contributed by atoms with Crippen molar-refractivity contribution in [2.24, 2.45) is 5.41 Å². The molecule has 0 radical (unpaired) electrons. The first-order chi connectivity index (χ1) is 12.0. The highest BCUT2D eigenvalue weighted by Gasteiger charge is 2.35. The quantitative estimate of drug-likeness (QED) is 0.873. The van der Waals surface area contributed by atoms with Gasteiger partial charge in [0.15, 0.2) is 0 Å². The minimum absolute atomic E-state index is 0.0913. The van der Waals surface area contributed by atoms with E-state index in [2.05, 4.69) is 15.3 Å². The van der Waals surface area contributed by atoms with E-state index in [9.17, 15) is 18.4 Å². The molecule has 5 nitrogen and oxygen atoms in total. The van der Waals surface area contributed by atoms with Crippen molar-refractivity contribution >= 4 is 5.91 Å². The van der Waals surface area contributed by atoms with E-state index in [4.69, 9.17) is 0 Å². The van der Waals surface area contributed by atoms with Crippen LogP contribution in [0.15, 0.2) is 35.4 Å². The maximum Gasteiger partial charge on any atom is 0.269 e. The van der Waals surface area contributed by atoms with Crippen LogP contribution in [0.4, 0.5) is 8.78 Å². The van der Waals surface area contributed by atoms with Crippen molar-refractivity contribution in [3.05, 3.63) is 63.8 Å². The van der Waals surface area contributed by atoms with Crippen molar-refractivity contribution in [2.45, 2.75) is 32.1 Å². The normalized spacial score (nSPS) is 15.9. The summed E-state index contributed by atoms with van der Waals surface area (Å²) in [5.74, 6) is -1.58. The fourth-order valence-electron chi connectivity index (χ4n) is 3.47. The molecule has 1 aliphatic rings. The zero-order chi connectivity index (χ0) is 17.9. The largest absolute Gasteiger partial charge is 0.350 e. The second-order valence-electron chi connectivity index (χ2n) is 6.61. The molecule has 25 heavy (non-hydrogen) atoms. The lowest BCUT2D eigenvalue weighted by Gasteiger charge is -2.29. The summed E-state index contributed by atoms with van der Waals surface area (Å²) in [6, 6.07) is 3.60. The molecule has 0 bridgehead atoms. The Balaban J connectivity index is 1.72. The Morgan fingerprint density at radius 2 is 2.00 bits per heavy atom. The zero-order valence-corrected chi connectivity index (χ0v) is 13.6. The van der Waals surface area contributed by atoms with E-state index in [1.54, 1.807) is 0 Å². The Morgan fingerprint density at radius 1 is 1.24 bits per heavy atom. The van der Waals surface area contributed by atoms with Crippen LogP contribution in [0.2, 0.25) is 0 Å². The summed E-state index contributed by atoms with van der Waals surface area (Å²) >= 11 is 0. The Labute approximate surface area is 143 Å². The summed E-state index contributed by atoms with van der Waals surface area (Å²) in [6.07, 6.45) is 6.53. The average molecular weight is 347 g/mol. The van der Waals surface area contributed by atoms with Gasteiger partial charge in [-0.3, -0.25) is 14.6 Å². The highest BCUT2D eigenvalue weighted by molar-refractivity contribution is 5.91. The van der Waals surface area contributed by atoms with Gasteiger partial charge in [0.1, 0.15) is 17.3 Å². The molecule has 1 aromatic carbocycles. The SMILES string of the molecule is O=C(NCC1(Cc2ccc(F)cc2F)CCCC1)c1cncc(=O)[nH]1. The number of aromatic amines is 1. The first-order valence-corrected chi connectivity index (χ1v) is 8.24. The minimum Gasteiger partial charge on any atom is -0.350 e. The third-order valence-corrected chi connectivity index (χ3v) is 4.77. The molecule has 1 fully saturated rings. The van der Waals surface area contributed by atoms with Crippen molar-refractivity contribution in [3.63, 3.8) is 0 Å². The van der Waals surface area contributed by atoms with Crippen LogP contribution in [0.1, 0.15) is 41.7 Å². The van der Waals surface area contributed by atoms with E-state index in [0.29, 0.717) is 18.5 Å². The molecule has 0 unspecified atom stereocenters. The van der Waals surface area contributed by atoms with Gasteiger partial charge in [0, 0.05) is 12.6 Å². The summed E-state index contributed by atoms with van der Waals surface area (Å²) in [4.78, 5) is 29.6. The number of rotatable bonds is 5. The van der Waals surface area contributed by atoms with Crippen LogP contribution in [-0.2, 0) is 6.42 Å². The van der Waals surface area contributed by atoms with Crippen molar-refractivity contribution in [2.75, 3.05) is 6.54 Å². The predicted octanol–water partition coefficient (Wildman–Crippen LogP) is 2.58. The lowest BCUT2D eigenvalue weighted by molar-refractivity contribution is 0.0924. The van der Waals surface area contributed by atoms with Gasteiger partial charge in [-0.2, -0.15) is 0 Å². The highest BCUT2D eigenvalue weighted by Crippen LogP contribution is 2.41. The molecular weight excluding hydrogens is 328 g/mol. The number of carbonyl (C=O) groups is 1. The number of halogens is 2. The fourth-order valence-corrected chi connectivity index (χ4v) is 3.47. The molecule has 0 atom stereocenters. The van der Waals surface area contributed by atoms with Crippen LogP contribution < -0.4 is 10.9 Å². The van der Waals surface area contributed by atoms with Crippen molar-refractivity contribution in [3.8, 4) is 0 Å². The summed E-state index contributed by atoms with van der Waals surface area (Å²) in [7, 11) is 0. The van der Waals surface area contributed by atoms with Crippen LogP contribution >= 0.6 is 0 Å². The molecule has 1 heterocycles. The number of aromatic nitrogens is 2. The molecule has 0 spiro atoms. The van der Waals surface area contributed by atoms with Gasteiger partial charge < -0.3 is 10.3 Å². The lowest BCUT2D eigenvalue weighted by Crippen LogP contribution is -2.38. The van der Waals surface area contributed by atoms with Gasteiger partial charge in [-0.1, -0.05) is 18.9 Å². The number of carbonyl (C=O) groups excluding carboxylic acids is 1. The summed E-state index contributed by atoms with van der Waals surface area (Å²) in [6.45, 7) is 0.361. The molecule has 2 N–H and O–H groups in total. The number of hydrogen-bond donors (Lipinski definition) is 2. The van der Waals surface area contributed by atoms with E-state index in [1.165, 1.54) is 18.3 Å². The van der Waals surface area contributed by atoms with Crippen LogP contribution in [0.3, 0.4) is 0 Å². The number of H-pyrrole nitrogens is 1. The van der Waals surface area contributed by atoms with Gasteiger partial charge in [0.25, 0.3) is 11.5 Å². The Hall–Kier alpha value is -2.57. The monoisotopic (exact) mass is 347 g/mol. The first-order valence-electron chi connectivity index (χ1n) is 8.24. The van der Waals surface area contributed by atoms with Crippen LogP contribution in [0.25, 0.3) is 0 Å². The number of hydrogen-bond acceptors (Lipinski definition) is 3. The maximum atomic E-state index is 14.0. The molecule has 0 saturated heterocycles. The second-order valence-corrected chi connectivity index (χ2v) is 6.61. The van der Waals surface area contributed by atoms with Crippen molar-refractivity contribution < 1.29 is 13.6 Å². The summed E-state index contributed by atoms with van der Waals surface area (Å²) < 4.78 is 27.1. The van der Waals surface area contributed by atoms with Gasteiger partial charge >= 0.3 is 0 Å². The smallest absolute Gasteiger partial charge is 0.269 e. The number of nitrogens with zero attached hydrogens (tertiary/aromatic N) is 1. The summed E-state index contributed by atoms with van der Waals surface area (Å²) in [5, 5.41) is 2.81. The molecule has 1 aliphatic carbocycles. The van der Waals surface area contributed by atoms with Gasteiger partial charge in [-0.15, -0.1) is 0 Å². The average Bonchev–Trinajstić information content (AvgIpc) is 3.04. The van der Waals surface area contributed by atoms with Crippen molar-refractivity contribution in [1.29, 1.82) is 0 Å². The molecule has 132 valence electrons. The number of amides is 1. The number of nitrogens with one attached hydrogen (secondary N) is 2. The van der Waals surface area contributed by atoms with E-state index in [1.807, 2.05) is 0 Å². The van der Waals surface area contributed by atoms with Crippen LogP contribution in [0.5, 0.6) is 0 Å². The molecule has 1 saturated carbocycles. The van der Waals surface area contributed by atoms with Crippen LogP contribution in [0, 0.1) is 17.0 Å². The zero-order valence-electron chi connectivity index (χ0n) is 13.6. The standard InChI is InChI=1S/C18H19F2N3O2/c19-13-4-3-12(14(20)7-13)8-18(5-1-2-6-18)11-22-17(25)15-9-21-10-16(24)23-15/h3-4,7,9-10H,1-2,5-6,8,11H2,(H,22,25)(H,23,24). The molecule has 1 amide bonds. The van der Waals surface area contributed by atoms with E-state index < -0.39 is 23.1 Å². The molecule has 7 heteroatoms. The minimum atomic E-state index is -0.601. The Morgan fingerprint density at radius 3 is 2.68 bits per heavy atom. The second kappa shape index (κ2) is 7.13. The third-order valence-electron chi connectivity index (χ3n) is 4.77. The summed E-state index contributed by atoms with van der Waals surface area (Å²) in [5.41, 5.74) is -0.172. The molecular formula is C18H19F2N3O2. The van der Waals surface area contributed by atoms with Crippen molar-refractivity contribution in [1.82, 2.24) is 15.3 Å². The predicted molar refractivity (Wildman–Crippen MR) is 88.2 cm³/mol. The van der Waals surface area contributed by atoms with Gasteiger partial charge in [0.2, 0.25) is 0 Å². The number of benzene rings is 1. The molecule has 2 aromatic rings. The highest BCUT2D eigenvalue weighted by atomic mass is 19.1. The van der Waals surface area contributed by atoms with E-state index in [-0.39, 0.29) is 11.1 Å². The van der Waals surface area contributed by atoms with E-state index in [0.717, 1.165) is 37.9 Å². The molecule has 3 rings (SSSR count). The lowest BCUT2D eigenvalue weighted by atomic mass is 9.79. The van der Waals surface area contributed by atoms with Gasteiger partial charge in [-0.25, -0.2) is 8.78 Å². The maximum absolute atomic E-state index is 14.0. The Kier molecular flexibility index (Phi) is 4.92. The first kappa shape index (κ1) is 17.3. The topological polar surface area (TPSA) is 74.8 Å². The third kappa shape index (κ3) is 4.10. The van der Waals surface area contributed by atoms with E-state index >= 15 is 0 Å².